The van der Waals surface area contributed by atoms with Crippen LogP contribution in [0.3, 0.4) is 0 Å². The van der Waals surface area contributed by atoms with E-state index in [9.17, 15) is 20.2 Å². The summed E-state index contributed by atoms with van der Waals surface area (Å²) in [6.45, 7) is 0. The van der Waals surface area contributed by atoms with Crippen molar-refractivity contribution in [2.24, 2.45) is 0 Å². The van der Waals surface area contributed by atoms with Gasteiger partial charge in [0, 0.05) is 6.07 Å². The second-order valence-corrected chi connectivity index (χ2v) is 5.05. The van der Waals surface area contributed by atoms with Crippen LogP contribution in [0.5, 0.6) is 0 Å². The van der Waals surface area contributed by atoms with Crippen molar-refractivity contribution in [3.8, 4) is 11.1 Å². The van der Waals surface area contributed by atoms with Crippen LogP contribution < -0.4 is 0 Å². The third-order valence-corrected chi connectivity index (χ3v) is 3.59. The zero-order valence-electron chi connectivity index (χ0n) is 9.75. The topological polar surface area (TPSA) is 86.3 Å². The quantitative estimate of drug-likeness (QED) is 0.594. The van der Waals surface area contributed by atoms with Crippen LogP contribution in [0.25, 0.3) is 11.1 Å². The lowest BCUT2D eigenvalue weighted by molar-refractivity contribution is -0.386. The molecule has 0 fully saturated rings. The molecule has 2 rings (SSSR count). The summed E-state index contributed by atoms with van der Waals surface area (Å²) in [7, 11) is 0. The van der Waals surface area contributed by atoms with Gasteiger partial charge in [0.15, 0.2) is 0 Å². The van der Waals surface area contributed by atoms with E-state index in [1.165, 1.54) is 30.3 Å². The number of hydrogen-bond donors (Lipinski definition) is 0. The maximum absolute atomic E-state index is 11.2. The maximum Gasteiger partial charge on any atom is 0.293 e. The zero-order chi connectivity index (χ0) is 14.9. The lowest BCUT2D eigenvalue weighted by Crippen LogP contribution is -1.97. The van der Waals surface area contributed by atoms with E-state index in [-0.39, 0.29) is 32.0 Å². The largest absolute Gasteiger partial charge is 0.293 e. The third-order valence-electron chi connectivity index (χ3n) is 2.63. The van der Waals surface area contributed by atoms with Crippen LogP contribution in [-0.2, 0) is 0 Å². The van der Waals surface area contributed by atoms with Crippen LogP contribution in [0.1, 0.15) is 0 Å². The van der Waals surface area contributed by atoms with E-state index >= 15 is 0 Å². The van der Waals surface area contributed by atoms with E-state index in [4.69, 9.17) is 11.6 Å². The van der Waals surface area contributed by atoms with Crippen LogP contribution in [0, 0.1) is 20.2 Å². The Bertz CT molecular complexity index is 721. The van der Waals surface area contributed by atoms with Crippen molar-refractivity contribution in [2.45, 2.75) is 0 Å². The molecule has 0 aromatic heterocycles. The van der Waals surface area contributed by atoms with Gasteiger partial charge in [0.1, 0.15) is 0 Å². The van der Waals surface area contributed by atoms with Crippen molar-refractivity contribution in [1.29, 1.82) is 0 Å². The SMILES string of the molecule is O=[N+]([O-])c1ccccc1-c1c(Cl)ccc(Br)c1[N+](=O)[O-]. The first-order valence-corrected chi connectivity index (χ1v) is 6.46. The number of nitrogens with zero attached hydrogens (tertiary/aromatic N) is 2. The van der Waals surface area contributed by atoms with Gasteiger partial charge in [-0.15, -0.1) is 0 Å². The van der Waals surface area contributed by atoms with Gasteiger partial charge in [0.05, 0.1) is 30.5 Å². The van der Waals surface area contributed by atoms with Crippen LogP contribution >= 0.6 is 27.5 Å². The molecule has 0 spiro atoms. The summed E-state index contributed by atoms with van der Waals surface area (Å²) >= 11 is 9.08. The normalized spacial score (nSPS) is 10.3. The van der Waals surface area contributed by atoms with Gasteiger partial charge in [-0.2, -0.15) is 0 Å². The number of nitro groups is 2. The Kier molecular flexibility index (Phi) is 4.01. The summed E-state index contributed by atoms with van der Waals surface area (Å²) in [4.78, 5) is 21.0. The maximum atomic E-state index is 11.2. The van der Waals surface area contributed by atoms with E-state index in [2.05, 4.69) is 15.9 Å². The lowest BCUT2D eigenvalue weighted by atomic mass is 10.0. The highest BCUT2D eigenvalue weighted by atomic mass is 79.9. The van der Waals surface area contributed by atoms with E-state index in [1.54, 1.807) is 6.07 Å². The minimum Gasteiger partial charge on any atom is -0.258 e. The summed E-state index contributed by atoms with van der Waals surface area (Å²) in [5, 5.41) is 22.3. The number of nitro benzene ring substituents is 2. The highest BCUT2D eigenvalue weighted by molar-refractivity contribution is 9.10. The zero-order valence-corrected chi connectivity index (χ0v) is 12.1. The second-order valence-electron chi connectivity index (χ2n) is 3.78. The number of rotatable bonds is 3. The molecule has 0 heterocycles. The Morgan fingerprint density at radius 3 is 2.25 bits per heavy atom. The molecule has 0 aliphatic carbocycles. The molecule has 102 valence electrons. The first-order valence-electron chi connectivity index (χ1n) is 5.29. The molecular weight excluding hydrogens is 351 g/mol. The summed E-state index contributed by atoms with van der Waals surface area (Å²) in [6.07, 6.45) is 0. The minimum absolute atomic E-state index is 0.0262. The molecule has 2 aromatic carbocycles. The van der Waals surface area contributed by atoms with Crippen LogP contribution in [0.2, 0.25) is 5.02 Å². The Balaban J connectivity index is 2.86. The van der Waals surface area contributed by atoms with Gasteiger partial charge >= 0.3 is 0 Å². The Labute approximate surface area is 126 Å². The van der Waals surface area contributed by atoms with Crippen molar-refractivity contribution < 1.29 is 9.85 Å². The summed E-state index contributed by atoms with van der Waals surface area (Å²) < 4.78 is 0.208. The molecule has 0 atom stereocenters. The summed E-state index contributed by atoms with van der Waals surface area (Å²) in [6, 6.07) is 8.63. The van der Waals surface area contributed by atoms with Crippen LogP contribution in [0.4, 0.5) is 11.4 Å². The molecule has 0 aliphatic heterocycles. The third kappa shape index (κ3) is 2.50. The highest BCUT2D eigenvalue weighted by Gasteiger charge is 2.27. The van der Waals surface area contributed by atoms with Crippen LogP contribution in [-0.4, -0.2) is 9.85 Å². The molecule has 0 amide bonds. The highest BCUT2D eigenvalue weighted by Crippen LogP contribution is 2.44. The van der Waals surface area contributed by atoms with Gasteiger partial charge in [-0.05, 0) is 34.1 Å². The van der Waals surface area contributed by atoms with Crippen molar-refractivity contribution >= 4 is 38.9 Å². The van der Waals surface area contributed by atoms with Crippen molar-refractivity contribution in [2.75, 3.05) is 0 Å². The fourth-order valence-corrected chi connectivity index (χ4v) is 2.55. The molecule has 8 heteroatoms. The Morgan fingerprint density at radius 1 is 1.00 bits per heavy atom. The molecule has 0 aliphatic rings. The second kappa shape index (κ2) is 5.56. The molecule has 0 saturated carbocycles. The number of hydrogen-bond acceptors (Lipinski definition) is 4. The standard InChI is InChI=1S/C12H6BrClN2O4/c13-8-5-6-9(14)11(12(8)16(19)20)7-3-1-2-4-10(7)15(17)18/h1-6H. The summed E-state index contributed by atoms with van der Waals surface area (Å²) in [5.74, 6) is 0. The fraction of sp³-hybridized carbons (Fsp3) is 0. The van der Waals surface area contributed by atoms with Gasteiger partial charge < -0.3 is 0 Å². The van der Waals surface area contributed by atoms with Crippen molar-refractivity contribution in [1.82, 2.24) is 0 Å². The number of para-hydroxylation sites is 1. The molecule has 20 heavy (non-hydrogen) atoms. The molecule has 2 aromatic rings. The number of benzene rings is 2. The average molecular weight is 358 g/mol. The molecule has 0 N–H and O–H groups in total. The summed E-state index contributed by atoms with van der Waals surface area (Å²) in [5.41, 5.74) is -0.406. The predicted octanol–water partition coefficient (Wildman–Crippen LogP) is 4.59. The van der Waals surface area contributed by atoms with Gasteiger partial charge in [-0.1, -0.05) is 23.7 Å². The molecular formula is C12H6BrClN2O4. The molecule has 0 bridgehead atoms. The minimum atomic E-state index is -0.623. The van der Waals surface area contributed by atoms with Gasteiger partial charge in [0.2, 0.25) is 0 Å². The predicted molar refractivity (Wildman–Crippen MR) is 77.9 cm³/mol. The van der Waals surface area contributed by atoms with E-state index in [0.29, 0.717) is 0 Å². The fourth-order valence-electron chi connectivity index (χ4n) is 1.82. The van der Waals surface area contributed by atoms with Crippen molar-refractivity contribution in [3.05, 3.63) is 66.1 Å². The van der Waals surface area contributed by atoms with E-state index in [1.807, 2.05) is 0 Å². The Hall–Kier alpha value is -1.99. The van der Waals surface area contributed by atoms with Gasteiger partial charge in [-0.3, -0.25) is 20.2 Å². The van der Waals surface area contributed by atoms with E-state index in [0.717, 1.165) is 0 Å². The first-order chi connectivity index (χ1) is 9.43. The van der Waals surface area contributed by atoms with Gasteiger partial charge in [0.25, 0.3) is 11.4 Å². The first kappa shape index (κ1) is 14.4. The molecule has 0 radical (unpaired) electrons. The smallest absolute Gasteiger partial charge is 0.258 e. The molecule has 0 saturated heterocycles. The Morgan fingerprint density at radius 2 is 1.65 bits per heavy atom. The van der Waals surface area contributed by atoms with Gasteiger partial charge in [-0.25, -0.2) is 0 Å². The van der Waals surface area contributed by atoms with Crippen molar-refractivity contribution in [3.63, 3.8) is 0 Å². The van der Waals surface area contributed by atoms with E-state index < -0.39 is 9.85 Å². The molecule has 6 nitrogen and oxygen atoms in total. The monoisotopic (exact) mass is 356 g/mol. The van der Waals surface area contributed by atoms with Crippen LogP contribution in [0.15, 0.2) is 40.9 Å². The average Bonchev–Trinajstić information content (AvgIpc) is 2.40. The molecule has 0 unspecified atom stereocenters. The number of halogens is 2. The lowest BCUT2D eigenvalue weighted by Gasteiger charge is -2.07.